The molecule has 0 saturated heterocycles. The van der Waals surface area contributed by atoms with Gasteiger partial charge in [0.15, 0.2) is 0 Å². The fourth-order valence-electron chi connectivity index (χ4n) is 3.76. The van der Waals surface area contributed by atoms with Crippen LogP contribution in [0.25, 0.3) is 0 Å². The zero-order valence-corrected chi connectivity index (χ0v) is 15.3. The normalized spacial score (nSPS) is 16.4. The van der Waals surface area contributed by atoms with Gasteiger partial charge in [0.25, 0.3) is 5.91 Å². The van der Waals surface area contributed by atoms with Crippen molar-refractivity contribution < 1.29 is 22.4 Å². The molecule has 0 bridgehead atoms. The lowest BCUT2D eigenvalue weighted by atomic mass is 9.87. The SMILES string of the molecule is O=C(c1ccc(F)cc1)N1CCc2ccccc2C1c1ccc(C(F)(F)F)cc1. The number of benzene rings is 3. The average Bonchev–Trinajstić information content (AvgIpc) is 2.72. The first-order valence-corrected chi connectivity index (χ1v) is 9.16. The molecular weight excluding hydrogens is 382 g/mol. The summed E-state index contributed by atoms with van der Waals surface area (Å²) < 4.78 is 52.1. The largest absolute Gasteiger partial charge is 0.416 e. The lowest BCUT2D eigenvalue weighted by Gasteiger charge is -2.38. The molecule has 1 aliphatic rings. The first-order valence-electron chi connectivity index (χ1n) is 9.16. The Kier molecular flexibility index (Phi) is 4.86. The second-order valence-electron chi connectivity index (χ2n) is 6.98. The van der Waals surface area contributed by atoms with Crippen LogP contribution < -0.4 is 0 Å². The summed E-state index contributed by atoms with van der Waals surface area (Å²) in [7, 11) is 0. The van der Waals surface area contributed by atoms with E-state index in [1.165, 1.54) is 36.4 Å². The van der Waals surface area contributed by atoms with Crippen LogP contribution in [0, 0.1) is 5.82 Å². The number of carbonyl (C=O) groups excluding carboxylic acids is 1. The van der Waals surface area contributed by atoms with Crippen LogP contribution in [-0.2, 0) is 12.6 Å². The molecule has 1 unspecified atom stereocenters. The van der Waals surface area contributed by atoms with Crippen LogP contribution in [0.5, 0.6) is 0 Å². The van der Waals surface area contributed by atoms with Crippen LogP contribution >= 0.6 is 0 Å². The molecule has 148 valence electrons. The summed E-state index contributed by atoms with van der Waals surface area (Å²) in [6.45, 7) is 0.416. The van der Waals surface area contributed by atoms with Crippen LogP contribution in [0.1, 0.15) is 38.7 Å². The Hall–Kier alpha value is -3.15. The van der Waals surface area contributed by atoms with E-state index in [1.54, 1.807) is 4.90 Å². The molecule has 0 aromatic heterocycles. The topological polar surface area (TPSA) is 20.3 Å². The fraction of sp³-hybridized carbons (Fsp3) is 0.174. The minimum absolute atomic E-state index is 0.288. The average molecular weight is 399 g/mol. The lowest BCUT2D eigenvalue weighted by Crippen LogP contribution is -2.40. The molecule has 4 rings (SSSR count). The maximum atomic E-state index is 13.2. The van der Waals surface area contributed by atoms with Gasteiger partial charge in [-0.15, -0.1) is 0 Å². The quantitative estimate of drug-likeness (QED) is 0.511. The Morgan fingerprint density at radius 2 is 1.55 bits per heavy atom. The molecule has 1 amide bonds. The molecule has 1 atom stereocenters. The third-order valence-corrected chi connectivity index (χ3v) is 5.19. The van der Waals surface area contributed by atoms with Crippen molar-refractivity contribution in [2.45, 2.75) is 18.6 Å². The smallest absolute Gasteiger partial charge is 0.327 e. The molecule has 0 radical (unpaired) electrons. The van der Waals surface area contributed by atoms with Gasteiger partial charge in [-0.25, -0.2) is 4.39 Å². The number of fused-ring (bicyclic) bond motifs is 1. The van der Waals surface area contributed by atoms with Crippen LogP contribution in [0.3, 0.4) is 0 Å². The molecule has 0 saturated carbocycles. The maximum Gasteiger partial charge on any atom is 0.416 e. The van der Waals surface area contributed by atoms with Gasteiger partial charge in [0, 0.05) is 12.1 Å². The van der Waals surface area contributed by atoms with Crippen molar-refractivity contribution in [3.05, 3.63) is 106 Å². The van der Waals surface area contributed by atoms with Gasteiger partial charge in [-0.05, 0) is 59.5 Å². The zero-order valence-electron chi connectivity index (χ0n) is 15.3. The molecule has 1 aliphatic heterocycles. The molecule has 0 spiro atoms. The van der Waals surface area contributed by atoms with Gasteiger partial charge in [0.2, 0.25) is 0 Å². The minimum Gasteiger partial charge on any atom is -0.327 e. The summed E-state index contributed by atoms with van der Waals surface area (Å²) in [5, 5.41) is 0. The molecule has 0 aliphatic carbocycles. The third-order valence-electron chi connectivity index (χ3n) is 5.19. The van der Waals surface area contributed by atoms with Crippen molar-refractivity contribution in [1.82, 2.24) is 4.90 Å². The van der Waals surface area contributed by atoms with E-state index in [1.807, 2.05) is 24.3 Å². The van der Waals surface area contributed by atoms with Gasteiger partial charge in [0.05, 0.1) is 11.6 Å². The highest BCUT2D eigenvalue weighted by molar-refractivity contribution is 5.95. The van der Waals surface area contributed by atoms with E-state index in [-0.39, 0.29) is 5.91 Å². The standard InChI is InChI=1S/C23H17F4NO/c24-19-11-7-17(8-12-19)22(29)28-14-13-15-3-1-2-4-20(15)21(28)16-5-9-18(10-6-16)23(25,26)27/h1-12,21H,13-14H2. The summed E-state index contributed by atoms with van der Waals surface area (Å²) in [4.78, 5) is 14.8. The van der Waals surface area contributed by atoms with E-state index >= 15 is 0 Å². The van der Waals surface area contributed by atoms with Crippen LogP contribution in [-0.4, -0.2) is 17.4 Å². The first kappa shape index (κ1) is 19.2. The maximum absolute atomic E-state index is 13.2. The number of hydrogen-bond donors (Lipinski definition) is 0. The number of halogens is 4. The van der Waals surface area contributed by atoms with Gasteiger partial charge >= 0.3 is 6.18 Å². The molecule has 2 nitrogen and oxygen atoms in total. The second-order valence-corrected chi connectivity index (χ2v) is 6.98. The summed E-state index contributed by atoms with van der Waals surface area (Å²) in [5.74, 6) is -0.728. The van der Waals surface area contributed by atoms with E-state index in [9.17, 15) is 22.4 Å². The monoisotopic (exact) mass is 399 g/mol. The number of hydrogen-bond acceptors (Lipinski definition) is 1. The second kappa shape index (κ2) is 7.35. The molecule has 29 heavy (non-hydrogen) atoms. The van der Waals surface area contributed by atoms with Crippen LogP contribution in [0.15, 0.2) is 72.8 Å². The summed E-state index contributed by atoms with van der Waals surface area (Å²) in [6, 6.07) is 17.3. The van der Waals surface area contributed by atoms with Crippen molar-refractivity contribution in [3.63, 3.8) is 0 Å². The number of amides is 1. The molecule has 6 heteroatoms. The summed E-state index contributed by atoms with van der Waals surface area (Å²) >= 11 is 0. The Bertz CT molecular complexity index is 1030. The van der Waals surface area contributed by atoms with Gasteiger partial charge in [-0.2, -0.15) is 13.2 Å². The Labute approximate surface area is 165 Å². The first-order chi connectivity index (χ1) is 13.8. The predicted molar refractivity (Wildman–Crippen MR) is 101 cm³/mol. The molecular formula is C23H17F4NO. The molecule has 3 aromatic carbocycles. The Balaban J connectivity index is 1.77. The van der Waals surface area contributed by atoms with E-state index in [0.29, 0.717) is 24.1 Å². The minimum atomic E-state index is -4.42. The van der Waals surface area contributed by atoms with E-state index in [0.717, 1.165) is 23.3 Å². The van der Waals surface area contributed by atoms with Gasteiger partial charge < -0.3 is 4.90 Å². The van der Waals surface area contributed by atoms with Crippen molar-refractivity contribution in [3.8, 4) is 0 Å². The van der Waals surface area contributed by atoms with Crippen molar-refractivity contribution in [1.29, 1.82) is 0 Å². The van der Waals surface area contributed by atoms with Gasteiger partial charge in [-0.3, -0.25) is 4.79 Å². The van der Waals surface area contributed by atoms with Crippen molar-refractivity contribution in [2.24, 2.45) is 0 Å². The number of nitrogens with zero attached hydrogens (tertiary/aromatic N) is 1. The summed E-state index contributed by atoms with van der Waals surface area (Å²) in [6.07, 6.45) is -3.78. The third kappa shape index (κ3) is 3.75. The van der Waals surface area contributed by atoms with Crippen LogP contribution in [0.4, 0.5) is 17.6 Å². The molecule has 3 aromatic rings. The number of alkyl halides is 3. The highest BCUT2D eigenvalue weighted by atomic mass is 19.4. The van der Waals surface area contributed by atoms with Crippen LogP contribution in [0.2, 0.25) is 0 Å². The molecule has 0 N–H and O–H groups in total. The number of carbonyl (C=O) groups is 1. The zero-order chi connectivity index (χ0) is 20.6. The molecule has 1 heterocycles. The molecule has 0 fully saturated rings. The fourth-order valence-corrected chi connectivity index (χ4v) is 3.76. The Morgan fingerprint density at radius 1 is 0.897 bits per heavy atom. The number of rotatable bonds is 2. The Morgan fingerprint density at radius 3 is 2.21 bits per heavy atom. The van der Waals surface area contributed by atoms with Gasteiger partial charge in [0.1, 0.15) is 5.82 Å². The van der Waals surface area contributed by atoms with Crippen molar-refractivity contribution in [2.75, 3.05) is 6.54 Å². The summed E-state index contributed by atoms with van der Waals surface area (Å²) in [5.41, 5.74) is 2.14. The van der Waals surface area contributed by atoms with Gasteiger partial charge in [-0.1, -0.05) is 36.4 Å². The highest BCUT2D eigenvalue weighted by Gasteiger charge is 2.34. The van der Waals surface area contributed by atoms with E-state index < -0.39 is 23.6 Å². The highest BCUT2D eigenvalue weighted by Crippen LogP contribution is 2.37. The predicted octanol–water partition coefficient (Wildman–Crippen LogP) is 5.63. The van der Waals surface area contributed by atoms with E-state index in [4.69, 9.17) is 0 Å². The van der Waals surface area contributed by atoms with E-state index in [2.05, 4.69) is 0 Å². The van der Waals surface area contributed by atoms with Crippen molar-refractivity contribution >= 4 is 5.91 Å². The lowest BCUT2D eigenvalue weighted by molar-refractivity contribution is -0.137.